The molecule has 20 heavy (non-hydrogen) atoms. The van der Waals surface area contributed by atoms with Crippen LogP contribution in [0.5, 0.6) is 0 Å². The van der Waals surface area contributed by atoms with Gasteiger partial charge in [-0.1, -0.05) is 11.6 Å². The predicted molar refractivity (Wildman–Crippen MR) is 72.0 cm³/mol. The van der Waals surface area contributed by atoms with Gasteiger partial charge in [-0.15, -0.1) is 0 Å². The minimum atomic E-state index is -1.17. The summed E-state index contributed by atoms with van der Waals surface area (Å²) >= 11 is 6.98. The number of imidazole rings is 1. The smallest absolute Gasteiger partial charge is 0.356 e. The molecule has 3 aromatic heterocycles. The average Bonchev–Trinajstić information content (AvgIpc) is 2.90. The number of aromatic nitrogens is 5. The van der Waals surface area contributed by atoms with Gasteiger partial charge in [-0.25, -0.2) is 24.7 Å². The van der Waals surface area contributed by atoms with Crippen molar-refractivity contribution in [3.05, 3.63) is 35.5 Å². The van der Waals surface area contributed by atoms with Crippen LogP contribution in [0.15, 0.2) is 34.8 Å². The molecule has 0 fully saturated rings. The Morgan fingerprint density at radius 3 is 2.95 bits per heavy atom. The molecule has 3 rings (SSSR count). The van der Waals surface area contributed by atoms with E-state index in [2.05, 4.69) is 24.9 Å². The van der Waals surface area contributed by atoms with Gasteiger partial charge in [0.1, 0.15) is 21.9 Å². The SMILES string of the molecule is O=C(O)c1nc(Sc2ncnc3nc[nH]c23)ccc1Cl. The number of pyridine rings is 1. The highest BCUT2D eigenvalue weighted by atomic mass is 35.5. The molecule has 0 radical (unpaired) electrons. The molecule has 0 aliphatic carbocycles. The first kappa shape index (κ1) is 12.8. The molecule has 9 heteroatoms. The fraction of sp³-hybridized carbons (Fsp3) is 0. The summed E-state index contributed by atoms with van der Waals surface area (Å²) in [4.78, 5) is 30.1. The van der Waals surface area contributed by atoms with Crippen LogP contribution in [0.4, 0.5) is 0 Å². The number of carbonyl (C=O) groups is 1. The highest BCUT2D eigenvalue weighted by Crippen LogP contribution is 2.29. The molecule has 7 nitrogen and oxygen atoms in total. The van der Waals surface area contributed by atoms with E-state index in [0.29, 0.717) is 21.2 Å². The average molecular weight is 308 g/mol. The van der Waals surface area contributed by atoms with Crippen molar-refractivity contribution in [1.29, 1.82) is 0 Å². The van der Waals surface area contributed by atoms with Gasteiger partial charge in [0.05, 0.1) is 11.3 Å². The molecular weight excluding hydrogens is 302 g/mol. The number of halogens is 1. The molecule has 0 aliphatic heterocycles. The van der Waals surface area contributed by atoms with Crippen molar-refractivity contribution in [3.63, 3.8) is 0 Å². The molecule has 3 aromatic rings. The van der Waals surface area contributed by atoms with Gasteiger partial charge in [0, 0.05) is 0 Å². The van der Waals surface area contributed by atoms with Crippen LogP contribution in [0.25, 0.3) is 11.2 Å². The van der Waals surface area contributed by atoms with Gasteiger partial charge in [0.2, 0.25) is 0 Å². The zero-order valence-corrected chi connectivity index (χ0v) is 11.3. The lowest BCUT2D eigenvalue weighted by Crippen LogP contribution is -2.02. The van der Waals surface area contributed by atoms with Crippen LogP contribution in [0, 0.1) is 0 Å². The van der Waals surface area contributed by atoms with E-state index in [4.69, 9.17) is 16.7 Å². The molecule has 0 amide bonds. The maximum atomic E-state index is 11.0. The molecule has 0 saturated carbocycles. The first-order chi connectivity index (χ1) is 9.65. The number of carboxylic acids is 1. The largest absolute Gasteiger partial charge is 0.476 e. The topological polar surface area (TPSA) is 105 Å². The van der Waals surface area contributed by atoms with Gasteiger partial charge in [-0.3, -0.25) is 0 Å². The van der Waals surface area contributed by atoms with E-state index in [9.17, 15) is 4.79 Å². The molecule has 3 heterocycles. The second-order valence-electron chi connectivity index (χ2n) is 3.67. The summed E-state index contributed by atoms with van der Waals surface area (Å²) < 4.78 is 0. The number of fused-ring (bicyclic) bond motifs is 1. The molecule has 0 atom stereocenters. The third-order valence-corrected chi connectivity index (χ3v) is 3.66. The van der Waals surface area contributed by atoms with Gasteiger partial charge < -0.3 is 10.1 Å². The molecule has 0 aliphatic rings. The third kappa shape index (κ3) is 2.30. The lowest BCUT2D eigenvalue weighted by Gasteiger charge is -2.03. The molecule has 0 saturated heterocycles. The van der Waals surface area contributed by atoms with E-state index >= 15 is 0 Å². The Labute approximate surface area is 121 Å². The van der Waals surface area contributed by atoms with E-state index in [-0.39, 0.29) is 10.7 Å². The summed E-state index contributed by atoms with van der Waals surface area (Å²) in [6, 6.07) is 3.12. The Morgan fingerprint density at radius 1 is 1.30 bits per heavy atom. The number of rotatable bonds is 3. The fourth-order valence-electron chi connectivity index (χ4n) is 1.55. The van der Waals surface area contributed by atoms with E-state index in [1.54, 1.807) is 6.07 Å². The predicted octanol–water partition coefficient (Wildman–Crippen LogP) is 2.25. The standard InChI is InChI=1S/C11H6ClN5O2S/c12-5-1-2-6(17-7(5)11(18)19)20-10-8-9(14-3-13-8)15-4-16-10/h1-4H,(H,18,19)(H,13,14,15,16). The maximum Gasteiger partial charge on any atom is 0.356 e. The molecule has 2 N–H and O–H groups in total. The number of nitrogens with one attached hydrogen (secondary N) is 1. The molecule has 0 unspecified atom stereocenters. The third-order valence-electron chi connectivity index (χ3n) is 2.41. The van der Waals surface area contributed by atoms with Crippen LogP contribution < -0.4 is 0 Å². The van der Waals surface area contributed by atoms with Crippen molar-refractivity contribution in [3.8, 4) is 0 Å². The number of aromatic amines is 1. The number of hydrogen-bond acceptors (Lipinski definition) is 6. The number of carboxylic acid groups (broad SMARTS) is 1. The summed E-state index contributed by atoms with van der Waals surface area (Å²) in [6.07, 6.45) is 2.90. The summed E-state index contributed by atoms with van der Waals surface area (Å²) in [7, 11) is 0. The van der Waals surface area contributed by atoms with E-state index in [0.717, 1.165) is 0 Å². The highest BCUT2D eigenvalue weighted by molar-refractivity contribution is 7.99. The molecule has 0 bridgehead atoms. The zero-order chi connectivity index (χ0) is 14.1. The van der Waals surface area contributed by atoms with Crippen LogP contribution >= 0.6 is 23.4 Å². The number of H-pyrrole nitrogens is 1. The van der Waals surface area contributed by atoms with Crippen molar-refractivity contribution in [2.24, 2.45) is 0 Å². The number of nitrogens with zero attached hydrogens (tertiary/aromatic N) is 4. The quantitative estimate of drug-likeness (QED) is 0.715. The highest BCUT2D eigenvalue weighted by Gasteiger charge is 2.14. The lowest BCUT2D eigenvalue weighted by molar-refractivity contribution is 0.0690. The van der Waals surface area contributed by atoms with Crippen molar-refractivity contribution in [2.75, 3.05) is 0 Å². The van der Waals surface area contributed by atoms with Crippen LogP contribution in [0.3, 0.4) is 0 Å². The summed E-state index contributed by atoms with van der Waals surface area (Å²) in [6.45, 7) is 0. The second kappa shape index (κ2) is 5.06. The molecule has 0 aromatic carbocycles. The first-order valence-electron chi connectivity index (χ1n) is 5.37. The van der Waals surface area contributed by atoms with Crippen molar-refractivity contribution in [2.45, 2.75) is 10.1 Å². The maximum absolute atomic E-state index is 11.0. The van der Waals surface area contributed by atoms with Gasteiger partial charge in [0.15, 0.2) is 11.3 Å². The molecular formula is C11H6ClN5O2S. The Kier molecular flexibility index (Phi) is 3.25. The van der Waals surface area contributed by atoms with Gasteiger partial charge in [-0.2, -0.15) is 0 Å². The van der Waals surface area contributed by atoms with E-state index in [1.807, 2.05) is 0 Å². The minimum absolute atomic E-state index is 0.0937. The summed E-state index contributed by atoms with van der Waals surface area (Å²) in [5.74, 6) is -1.17. The van der Waals surface area contributed by atoms with Crippen molar-refractivity contribution >= 4 is 40.5 Å². The van der Waals surface area contributed by atoms with Crippen LogP contribution in [-0.4, -0.2) is 36.0 Å². The lowest BCUT2D eigenvalue weighted by atomic mass is 10.3. The second-order valence-corrected chi connectivity index (χ2v) is 5.08. The molecule has 0 spiro atoms. The summed E-state index contributed by atoms with van der Waals surface area (Å²) in [5.41, 5.74) is 1.02. The molecule has 100 valence electrons. The summed E-state index contributed by atoms with van der Waals surface area (Å²) in [5, 5.41) is 10.2. The van der Waals surface area contributed by atoms with Crippen molar-refractivity contribution in [1.82, 2.24) is 24.9 Å². The van der Waals surface area contributed by atoms with Crippen LogP contribution in [0.2, 0.25) is 5.02 Å². The van der Waals surface area contributed by atoms with Crippen molar-refractivity contribution < 1.29 is 9.90 Å². The fourth-order valence-corrected chi connectivity index (χ4v) is 2.56. The Balaban J connectivity index is 2.01. The van der Waals surface area contributed by atoms with E-state index < -0.39 is 5.97 Å². The Bertz CT molecular complexity index is 806. The van der Waals surface area contributed by atoms with Crippen LogP contribution in [-0.2, 0) is 0 Å². The van der Waals surface area contributed by atoms with Gasteiger partial charge in [0.25, 0.3) is 0 Å². The first-order valence-corrected chi connectivity index (χ1v) is 6.56. The van der Waals surface area contributed by atoms with Gasteiger partial charge in [-0.05, 0) is 23.9 Å². The normalized spacial score (nSPS) is 10.8. The van der Waals surface area contributed by atoms with Gasteiger partial charge >= 0.3 is 5.97 Å². The zero-order valence-electron chi connectivity index (χ0n) is 9.74. The number of aromatic carboxylic acids is 1. The van der Waals surface area contributed by atoms with Crippen LogP contribution in [0.1, 0.15) is 10.5 Å². The number of hydrogen-bond donors (Lipinski definition) is 2. The Morgan fingerprint density at radius 2 is 2.15 bits per heavy atom. The van der Waals surface area contributed by atoms with E-state index in [1.165, 1.54) is 30.5 Å². The minimum Gasteiger partial charge on any atom is -0.476 e. The Hall–Kier alpha value is -2.19. The monoisotopic (exact) mass is 307 g/mol.